The average Bonchev–Trinajstić information content (AvgIpc) is 0.709. The molecular formula is C112H66O16. The van der Waals surface area contributed by atoms with E-state index in [1.807, 2.05) is 164 Å². The van der Waals surface area contributed by atoms with Gasteiger partial charge in [-0.05, 0) is 262 Å². The zero-order valence-corrected chi connectivity index (χ0v) is 67.0. The minimum absolute atomic E-state index is 0.0855. The molecule has 16 N–H and O–H groups in total. The van der Waals surface area contributed by atoms with E-state index in [1.165, 1.54) is 0 Å². The van der Waals surface area contributed by atoms with Crippen molar-refractivity contribution in [2.24, 2.45) is 0 Å². The molecule has 0 aromatic heterocycles. The second kappa shape index (κ2) is 26.9. The molecule has 24 aromatic carbocycles. The van der Waals surface area contributed by atoms with Crippen molar-refractivity contribution >= 4 is 129 Å². The van der Waals surface area contributed by atoms with E-state index < -0.39 is 120 Å². The van der Waals surface area contributed by atoms with Gasteiger partial charge in [-0.2, -0.15) is 0 Å². The molecule has 24 aromatic rings. The van der Waals surface area contributed by atoms with E-state index in [4.69, 9.17) is 0 Å². The predicted octanol–water partition coefficient (Wildman–Crippen LogP) is 26.9. The molecule has 128 heavy (non-hydrogen) atoms. The maximum Gasteiger partial charge on any atom is 0.208 e. The van der Waals surface area contributed by atoms with Crippen LogP contribution in [0.4, 0.5) is 0 Å². The first-order chi connectivity index (χ1) is 62.1. The molecule has 0 fully saturated rings. The zero-order chi connectivity index (χ0) is 87.2. The third kappa shape index (κ3) is 10.4. The van der Waals surface area contributed by atoms with Gasteiger partial charge in [-0.25, -0.2) is 0 Å². The Morgan fingerprint density at radius 2 is 0.344 bits per heavy atom. The molecular weight excluding hydrogens is 1600 g/mol. The van der Waals surface area contributed by atoms with Crippen molar-refractivity contribution in [1.82, 2.24) is 0 Å². The van der Waals surface area contributed by atoms with Crippen LogP contribution in [0.5, 0.6) is 92.0 Å². The van der Waals surface area contributed by atoms with Crippen LogP contribution in [0.2, 0.25) is 0 Å². The molecule has 24 rings (SSSR count). The highest BCUT2D eigenvalue weighted by Gasteiger charge is 2.38. The normalized spacial score (nSPS) is 12.1. The van der Waals surface area contributed by atoms with Gasteiger partial charge in [0, 0.05) is 0 Å². The standard InChI is InChI=1S/C112H66O16/c113-97-89(63-17-7-14-60(43-63)51-8-2-1-3-9-51)98(114)93(94-101(117)92(103(119)109(125)104(94)120)80-39-31-57-21-19-53-11-5-13-55-29-37-77(80)87(57)82(53)55)100(116)91(97)79-38-30-59-23-25-65-45-70(47-67-33-41-78(79)88(59)84(65)67)69-44-64-24-22-58-26-34-73(75-40-32-66(46-69)83(64)86(58)75)62-16-6-15-61(42-62)68-48-71(74-35-27-56-20-18-52-10-4-12-54-28-36-76(74)85(56)81(52)54)50-72(49-68)90-99(115)95(105(121)108(124)102(90)118)96-106(122)110(126)112(128)111(127)107(96)123/h1-50,113-128H. The molecule has 0 unspecified atom stereocenters. The minimum atomic E-state index is -1.31. The summed E-state index contributed by atoms with van der Waals surface area (Å²) in [7, 11) is 0. The number of benzene rings is 24. The van der Waals surface area contributed by atoms with Crippen molar-refractivity contribution in [2.45, 2.75) is 0 Å². The van der Waals surface area contributed by atoms with Crippen LogP contribution >= 0.6 is 0 Å². The summed E-state index contributed by atoms with van der Waals surface area (Å²) in [5.41, 5.74) is 4.62. The molecule has 0 radical (unpaired) electrons. The molecule has 0 bridgehead atoms. The molecule has 0 saturated heterocycles. The Kier molecular flexibility index (Phi) is 15.6. The average molecular weight is 1670 g/mol. The molecule has 0 amide bonds. The maximum atomic E-state index is 13.3. The maximum absolute atomic E-state index is 13.3. The molecule has 16 nitrogen and oxygen atoms in total. The van der Waals surface area contributed by atoms with Gasteiger partial charge in [-0.3, -0.25) is 0 Å². The van der Waals surface area contributed by atoms with E-state index in [1.54, 1.807) is 42.5 Å². The lowest BCUT2D eigenvalue weighted by molar-refractivity contribution is 0.329. The molecule has 0 aliphatic carbocycles. The molecule has 0 spiro atoms. The SMILES string of the molecule is Oc1c(O)c(O)c(-c2c(O)c(O)c(O)c(-c3cc(-c4cccc(-c5ccc6ccc7cc(-c8cc9ccc%10ccc(-c%11c(O)c(-c%12cccc(-c%13ccccc%13)c%12)c(O)c(-c%12c(O)c(O)c(O)c(-c%13ccc%14ccc%15cccc%16ccc%13c%14c%15%16)c%12O)c%11O)c%11ccc(c8)c9c%10%11)cc8ccc5c6c78)c4)cc(-c4ccc5ccc6cccc7ccc4c5c67)c3)c2O)c(O)c1O. The second-order valence-corrected chi connectivity index (χ2v) is 33.2. The van der Waals surface area contributed by atoms with Gasteiger partial charge in [0.25, 0.3) is 0 Å². The largest absolute Gasteiger partial charge is 0.506 e. The van der Waals surface area contributed by atoms with Crippen LogP contribution in [0.3, 0.4) is 0 Å². The highest BCUT2D eigenvalue weighted by Crippen LogP contribution is 2.67. The number of aromatic hydroxyl groups is 16. The molecule has 0 atom stereocenters. The predicted molar refractivity (Wildman–Crippen MR) is 508 cm³/mol. The van der Waals surface area contributed by atoms with E-state index in [0.29, 0.717) is 38.6 Å². The van der Waals surface area contributed by atoms with Gasteiger partial charge >= 0.3 is 0 Å². The van der Waals surface area contributed by atoms with Gasteiger partial charge < -0.3 is 81.7 Å². The van der Waals surface area contributed by atoms with Gasteiger partial charge in [-0.15, -0.1) is 0 Å². The Labute approximate surface area is 724 Å². The first-order valence-electron chi connectivity index (χ1n) is 41.3. The van der Waals surface area contributed by atoms with Crippen LogP contribution in [0.1, 0.15) is 0 Å². The molecule has 0 saturated carbocycles. The fourth-order valence-electron chi connectivity index (χ4n) is 20.6. The minimum Gasteiger partial charge on any atom is -0.506 e. The first-order valence-corrected chi connectivity index (χ1v) is 41.3. The van der Waals surface area contributed by atoms with Crippen molar-refractivity contribution in [3.05, 3.63) is 303 Å². The summed E-state index contributed by atoms with van der Waals surface area (Å²) in [4.78, 5) is 0. The molecule has 0 heterocycles. The lowest BCUT2D eigenvalue weighted by atomic mass is 9.83. The van der Waals surface area contributed by atoms with E-state index in [9.17, 15) is 81.7 Å². The van der Waals surface area contributed by atoms with Gasteiger partial charge in [0.2, 0.25) is 28.7 Å². The lowest BCUT2D eigenvalue weighted by Crippen LogP contribution is -1.96. The summed E-state index contributed by atoms with van der Waals surface area (Å²) in [5.74, 6) is -16.6. The Balaban J connectivity index is 0.632. The fraction of sp³-hybridized carbons (Fsp3) is 0. The summed E-state index contributed by atoms with van der Waals surface area (Å²) in [6, 6.07) is 98.6. The van der Waals surface area contributed by atoms with Crippen molar-refractivity contribution in [1.29, 1.82) is 0 Å². The number of hydrogen-bond acceptors (Lipinski definition) is 16. The molecule has 0 aliphatic heterocycles. The smallest absolute Gasteiger partial charge is 0.208 e. The summed E-state index contributed by atoms with van der Waals surface area (Å²) in [6.45, 7) is 0. The summed E-state index contributed by atoms with van der Waals surface area (Å²) in [5, 5.41) is 213. The van der Waals surface area contributed by atoms with Crippen LogP contribution in [-0.2, 0) is 0 Å². The Bertz CT molecular complexity index is 8930. The molecule has 16 heteroatoms. The number of phenolic OH excluding ortho intramolecular Hbond substituents is 16. The van der Waals surface area contributed by atoms with E-state index >= 15 is 0 Å². The van der Waals surface area contributed by atoms with Crippen LogP contribution in [0.25, 0.3) is 252 Å². The highest BCUT2D eigenvalue weighted by molar-refractivity contribution is 6.31. The summed E-state index contributed by atoms with van der Waals surface area (Å²) in [6.07, 6.45) is 0. The van der Waals surface area contributed by atoms with Gasteiger partial charge in [-0.1, -0.05) is 249 Å². The van der Waals surface area contributed by atoms with E-state index in [0.717, 1.165) is 157 Å². The number of hydrogen-bond donors (Lipinski definition) is 16. The Morgan fingerprint density at radius 1 is 0.109 bits per heavy atom. The summed E-state index contributed by atoms with van der Waals surface area (Å²) >= 11 is 0. The van der Waals surface area contributed by atoms with Crippen molar-refractivity contribution in [2.75, 3.05) is 0 Å². The van der Waals surface area contributed by atoms with Crippen LogP contribution < -0.4 is 0 Å². The van der Waals surface area contributed by atoms with Crippen molar-refractivity contribution in [3.63, 3.8) is 0 Å². The summed E-state index contributed by atoms with van der Waals surface area (Å²) < 4.78 is 0. The Morgan fingerprint density at radius 3 is 0.805 bits per heavy atom. The van der Waals surface area contributed by atoms with Gasteiger partial charge in [0.15, 0.2) is 34.5 Å². The molecule has 610 valence electrons. The second-order valence-electron chi connectivity index (χ2n) is 33.2. The van der Waals surface area contributed by atoms with Crippen LogP contribution in [0, 0.1) is 0 Å². The van der Waals surface area contributed by atoms with Crippen LogP contribution in [-0.4, -0.2) is 81.7 Å². The van der Waals surface area contributed by atoms with Gasteiger partial charge in [0.1, 0.15) is 28.7 Å². The number of phenols is 16. The highest BCUT2D eigenvalue weighted by atomic mass is 16.4. The third-order valence-corrected chi connectivity index (χ3v) is 26.5. The first kappa shape index (κ1) is 74.1. The monoisotopic (exact) mass is 1670 g/mol. The van der Waals surface area contributed by atoms with E-state index in [2.05, 4.69) is 97.1 Å². The molecule has 0 aliphatic rings. The third-order valence-electron chi connectivity index (χ3n) is 26.5. The zero-order valence-electron chi connectivity index (χ0n) is 67.0. The van der Waals surface area contributed by atoms with Crippen LogP contribution in [0.15, 0.2) is 303 Å². The number of rotatable bonds is 11. The fourth-order valence-corrected chi connectivity index (χ4v) is 20.6. The van der Waals surface area contributed by atoms with E-state index in [-0.39, 0.29) is 27.8 Å². The van der Waals surface area contributed by atoms with Crippen molar-refractivity contribution < 1.29 is 81.7 Å². The Hall–Kier alpha value is -17.8. The quantitative estimate of drug-likeness (QED) is 0.0325. The topological polar surface area (TPSA) is 324 Å². The van der Waals surface area contributed by atoms with Crippen molar-refractivity contribution in [3.8, 4) is 214 Å². The lowest BCUT2D eigenvalue weighted by Gasteiger charge is -2.23. The van der Waals surface area contributed by atoms with Gasteiger partial charge in [0.05, 0.1) is 44.5 Å².